The maximum Gasteiger partial charge on any atom is 0.305 e. The third kappa shape index (κ3) is 1.02. The Morgan fingerprint density at radius 2 is 2.15 bits per heavy atom. The molecule has 2 heterocycles. The Morgan fingerprint density at radius 1 is 1.31 bits per heavy atom. The first-order valence-corrected chi connectivity index (χ1v) is 5.83. The molecule has 2 aromatic rings. The molecule has 1 aliphatic carbocycles. The molecule has 66 valence electrons. The summed E-state index contributed by atoms with van der Waals surface area (Å²) in [6.45, 7) is 0. The van der Waals surface area contributed by atoms with Crippen molar-refractivity contribution in [1.29, 1.82) is 0 Å². The molecule has 1 N–H and O–H groups in total. The van der Waals surface area contributed by atoms with E-state index in [-0.39, 0.29) is 4.87 Å². The van der Waals surface area contributed by atoms with Crippen molar-refractivity contribution >= 4 is 22.7 Å². The third-order valence-corrected chi connectivity index (χ3v) is 4.24. The van der Waals surface area contributed by atoms with Gasteiger partial charge in [-0.3, -0.25) is 4.79 Å². The Labute approximate surface area is 82.9 Å². The summed E-state index contributed by atoms with van der Waals surface area (Å²) in [6, 6.07) is 2.10. The maximum absolute atomic E-state index is 11.2. The topological polar surface area (TPSA) is 32.9 Å². The average molecular weight is 209 g/mol. The van der Waals surface area contributed by atoms with Gasteiger partial charge in [0, 0.05) is 15.3 Å². The second-order valence-electron chi connectivity index (χ2n) is 3.07. The number of rotatable bonds is 0. The largest absolute Gasteiger partial charge is 0.312 e. The fourth-order valence-electron chi connectivity index (χ4n) is 1.74. The molecule has 4 heteroatoms. The summed E-state index contributed by atoms with van der Waals surface area (Å²) in [5.41, 5.74) is 2.31. The first-order chi connectivity index (χ1) is 6.34. The molecule has 2 nitrogen and oxygen atoms in total. The van der Waals surface area contributed by atoms with E-state index in [1.54, 1.807) is 11.3 Å². The van der Waals surface area contributed by atoms with Gasteiger partial charge in [0.25, 0.3) is 0 Å². The van der Waals surface area contributed by atoms with E-state index in [4.69, 9.17) is 0 Å². The summed E-state index contributed by atoms with van der Waals surface area (Å²) in [4.78, 5) is 16.8. The molecule has 0 unspecified atom stereocenters. The van der Waals surface area contributed by atoms with Crippen molar-refractivity contribution in [2.45, 2.75) is 12.8 Å². The normalized spacial score (nSPS) is 13.8. The molecule has 0 aromatic carbocycles. The Bertz CT molecular complexity index is 506. The molecule has 0 spiro atoms. The molecule has 0 amide bonds. The lowest BCUT2D eigenvalue weighted by Crippen LogP contribution is -1.98. The maximum atomic E-state index is 11.2. The van der Waals surface area contributed by atoms with Crippen LogP contribution in [0, 0.1) is 0 Å². The van der Waals surface area contributed by atoms with Crippen LogP contribution in [0.4, 0.5) is 0 Å². The zero-order valence-electron chi connectivity index (χ0n) is 6.79. The van der Waals surface area contributed by atoms with E-state index in [2.05, 4.69) is 16.4 Å². The van der Waals surface area contributed by atoms with Crippen molar-refractivity contribution in [1.82, 2.24) is 4.98 Å². The molecule has 13 heavy (non-hydrogen) atoms. The Kier molecular flexibility index (Phi) is 1.48. The van der Waals surface area contributed by atoms with Gasteiger partial charge < -0.3 is 4.98 Å². The molecule has 1 aliphatic rings. The van der Waals surface area contributed by atoms with Crippen LogP contribution in [0.2, 0.25) is 0 Å². The number of hydrogen-bond acceptors (Lipinski definition) is 3. The summed E-state index contributed by atoms with van der Waals surface area (Å²) in [6.07, 6.45) is 2.11. The standard InChI is InChI=1S/C9H7NOS2/c11-9-10-8-5-3-4-12-6(5)1-2-7(8)13-9/h3-4H,1-2H2,(H,10,11). The summed E-state index contributed by atoms with van der Waals surface area (Å²) < 4.78 is 0. The highest BCUT2D eigenvalue weighted by Crippen LogP contribution is 2.35. The van der Waals surface area contributed by atoms with Crippen LogP contribution in [-0.4, -0.2) is 4.98 Å². The van der Waals surface area contributed by atoms with Gasteiger partial charge in [-0.15, -0.1) is 11.3 Å². The van der Waals surface area contributed by atoms with E-state index in [0.717, 1.165) is 18.5 Å². The molecule has 0 radical (unpaired) electrons. The van der Waals surface area contributed by atoms with E-state index in [9.17, 15) is 4.79 Å². The first kappa shape index (κ1) is 7.53. The van der Waals surface area contributed by atoms with Crippen molar-refractivity contribution in [3.63, 3.8) is 0 Å². The van der Waals surface area contributed by atoms with Gasteiger partial charge in [-0.25, -0.2) is 0 Å². The van der Waals surface area contributed by atoms with Crippen molar-refractivity contribution in [3.8, 4) is 11.3 Å². The van der Waals surface area contributed by atoms with E-state index in [1.807, 2.05) is 0 Å². The second-order valence-corrected chi connectivity index (χ2v) is 5.14. The van der Waals surface area contributed by atoms with Crippen molar-refractivity contribution < 1.29 is 0 Å². The zero-order chi connectivity index (χ0) is 8.84. The number of aromatic nitrogens is 1. The summed E-state index contributed by atoms with van der Waals surface area (Å²) >= 11 is 3.13. The lowest BCUT2D eigenvalue weighted by atomic mass is 10.0. The van der Waals surface area contributed by atoms with Crippen molar-refractivity contribution in [3.05, 3.63) is 30.9 Å². The minimum Gasteiger partial charge on any atom is -0.312 e. The molecule has 0 saturated heterocycles. The summed E-state index contributed by atoms with van der Waals surface area (Å²) in [5, 5.41) is 2.09. The number of nitrogens with one attached hydrogen (secondary N) is 1. The highest BCUT2D eigenvalue weighted by Gasteiger charge is 2.19. The highest BCUT2D eigenvalue weighted by molar-refractivity contribution is 7.11. The number of thiazole rings is 1. The van der Waals surface area contributed by atoms with Gasteiger partial charge in [0.1, 0.15) is 0 Å². The molecule has 0 bridgehead atoms. The number of H-pyrrole nitrogens is 1. The van der Waals surface area contributed by atoms with Crippen molar-refractivity contribution in [2.24, 2.45) is 0 Å². The van der Waals surface area contributed by atoms with E-state index in [1.165, 1.54) is 26.7 Å². The van der Waals surface area contributed by atoms with Crippen LogP contribution >= 0.6 is 22.7 Å². The molecular weight excluding hydrogens is 202 g/mol. The number of fused-ring (bicyclic) bond motifs is 3. The van der Waals surface area contributed by atoms with Gasteiger partial charge >= 0.3 is 4.87 Å². The minimum absolute atomic E-state index is 0.0732. The summed E-state index contributed by atoms with van der Waals surface area (Å²) in [7, 11) is 0. The van der Waals surface area contributed by atoms with Crippen LogP contribution < -0.4 is 4.87 Å². The van der Waals surface area contributed by atoms with Crippen LogP contribution in [0.25, 0.3) is 11.3 Å². The van der Waals surface area contributed by atoms with Crippen LogP contribution in [-0.2, 0) is 12.8 Å². The van der Waals surface area contributed by atoms with Gasteiger partial charge in [-0.1, -0.05) is 11.3 Å². The molecule has 2 aromatic heterocycles. The minimum atomic E-state index is 0.0732. The Hall–Kier alpha value is -0.870. The quantitative estimate of drug-likeness (QED) is 0.709. The molecular formula is C9H7NOS2. The third-order valence-electron chi connectivity index (χ3n) is 2.32. The van der Waals surface area contributed by atoms with Gasteiger partial charge in [-0.2, -0.15) is 0 Å². The van der Waals surface area contributed by atoms with Gasteiger partial charge in [-0.05, 0) is 24.3 Å². The molecule has 0 saturated carbocycles. The summed E-state index contributed by atoms with van der Waals surface area (Å²) in [5.74, 6) is 0. The smallest absolute Gasteiger partial charge is 0.305 e. The van der Waals surface area contributed by atoms with Crippen LogP contribution in [0.3, 0.4) is 0 Å². The average Bonchev–Trinajstić information content (AvgIpc) is 2.65. The zero-order valence-corrected chi connectivity index (χ0v) is 8.43. The highest BCUT2D eigenvalue weighted by atomic mass is 32.1. The lowest BCUT2D eigenvalue weighted by Gasteiger charge is -2.09. The van der Waals surface area contributed by atoms with Crippen LogP contribution in [0.5, 0.6) is 0 Å². The molecule has 3 rings (SSSR count). The second kappa shape index (κ2) is 2.56. The monoisotopic (exact) mass is 209 g/mol. The predicted octanol–water partition coefficient (Wildman–Crippen LogP) is 2.26. The fraction of sp³-hybridized carbons (Fsp3) is 0.222. The number of aryl methyl sites for hydroxylation is 2. The molecule has 0 atom stereocenters. The molecule has 0 fully saturated rings. The number of thiophene rings is 1. The van der Waals surface area contributed by atoms with E-state index < -0.39 is 0 Å². The Balaban J connectivity index is 2.35. The Morgan fingerprint density at radius 3 is 3.08 bits per heavy atom. The lowest BCUT2D eigenvalue weighted by molar-refractivity contribution is 0.978. The molecule has 0 aliphatic heterocycles. The van der Waals surface area contributed by atoms with Gasteiger partial charge in [0.2, 0.25) is 0 Å². The van der Waals surface area contributed by atoms with E-state index >= 15 is 0 Å². The fourth-order valence-corrected chi connectivity index (χ4v) is 3.47. The van der Waals surface area contributed by atoms with Crippen LogP contribution in [0.15, 0.2) is 16.2 Å². The van der Waals surface area contributed by atoms with Crippen molar-refractivity contribution in [2.75, 3.05) is 0 Å². The number of hydrogen-bond donors (Lipinski definition) is 1. The predicted molar refractivity (Wildman–Crippen MR) is 55.7 cm³/mol. The van der Waals surface area contributed by atoms with E-state index in [0.29, 0.717) is 0 Å². The number of aromatic amines is 1. The first-order valence-electron chi connectivity index (χ1n) is 4.13. The van der Waals surface area contributed by atoms with Gasteiger partial charge in [0.05, 0.1) is 5.69 Å². The SMILES string of the molecule is O=c1[nH]c2c(s1)CCc1sccc1-2. The van der Waals surface area contributed by atoms with Gasteiger partial charge in [0.15, 0.2) is 0 Å². The van der Waals surface area contributed by atoms with Crippen LogP contribution in [0.1, 0.15) is 9.75 Å².